The molecule has 0 unspecified atom stereocenters. The van der Waals surface area contributed by atoms with Crippen molar-refractivity contribution in [2.75, 3.05) is 13.7 Å². The fourth-order valence-corrected chi connectivity index (χ4v) is 2.45. The second kappa shape index (κ2) is 12.5. The topological polar surface area (TPSA) is 108 Å². The number of esters is 1. The molecule has 0 heterocycles. The fourth-order valence-electron chi connectivity index (χ4n) is 2.45. The molecule has 0 spiro atoms. The molecule has 0 aliphatic heterocycles. The van der Waals surface area contributed by atoms with E-state index in [0.29, 0.717) is 13.0 Å². The van der Waals surface area contributed by atoms with E-state index in [-0.39, 0.29) is 17.4 Å². The molecule has 0 fully saturated rings. The summed E-state index contributed by atoms with van der Waals surface area (Å²) in [7, 11) is 1.40. The number of amides is 1. The molecule has 8 nitrogen and oxygen atoms in total. The summed E-state index contributed by atoms with van der Waals surface area (Å²) in [5, 5.41) is 13.2. The maximum Gasteiger partial charge on any atom is 0.384 e. The van der Waals surface area contributed by atoms with Gasteiger partial charge in [-0.1, -0.05) is 24.1 Å². The monoisotopic (exact) mass is 392 g/mol. The Kier molecular flexibility index (Phi) is 10.3. The summed E-state index contributed by atoms with van der Waals surface area (Å²) < 4.78 is 10.1. The number of allylic oxidation sites excluding steroid dienone is 2. The molecule has 0 saturated carbocycles. The lowest BCUT2D eigenvalue weighted by molar-refractivity contribution is -0.469. The van der Waals surface area contributed by atoms with Crippen LogP contribution in [0.2, 0.25) is 0 Å². The summed E-state index contributed by atoms with van der Waals surface area (Å²) in [5.74, 6) is -0.639. The highest BCUT2D eigenvalue weighted by Crippen LogP contribution is 2.28. The van der Waals surface area contributed by atoms with Gasteiger partial charge in [0.1, 0.15) is 0 Å². The highest BCUT2D eigenvalue weighted by Gasteiger charge is 2.15. The molecular weight excluding hydrogens is 364 g/mol. The quantitative estimate of drug-likeness (QED) is 0.146. The molecule has 0 atom stereocenters. The van der Waals surface area contributed by atoms with Gasteiger partial charge in [0.05, 0.1) is 7.11 Å². The minimum absolute atomic E-state index is 0.0253. The molecule has 154 valence electrons. The van der Waals surface area contributed by atoms with Crippen molar-refractivity contribution in [1.82, 2.24) is 5.32 Å². The lowest BCUT2D eigenvalue weighted by Gasteiger charge is -2.11. The Balaban J connectivity index is 2.43. The summed E-state index contributed by atoms with van der Waals surface area (Å²) in [6.45, 7) is 3.54. The van der Waals surface area contributed by atoms with Crippen molar-refractivity contribution in [2.45, 2.75) is 52.5 Å². The maximum atomic E-state index is 11.9. The first kappa shape index (κ1) is 23.1. The zero-order chi connectivity index (χ0) is 20.9. The van der Waals surface area contributed by atoms with Crippen LogP contribution in [0.5, 0.6) is 11.5 Å². The summed E-state index contributed by atoms with van der Waals surface area (Å²) in [5.41, 5.74) is 2.08. The molecular formula is C20H28N2O6. The van der Waals surface area contributed by atoms with E-state index >= 15 is 0 Å². The molecule has 0 bridgehead atoms. The summed E-state index contributed by atoms with van der Waals surface area (Å²) in [6.07, 6.45) is 6.65. The number of nitro groups is 1. The third kappa shape index (κ3) is 9.70. The minimum atomic E-state index is -0.978. The molecule has 1 N–H and O–H groups in total. The molecule has 1 aromatic carbocycles. The Morgan fingerprint density at radius 3 is 2.57 bits per heavy atom. The van der Waals surface area contributed by atoms with Crippen LogP contribution >= 0.6 is 0 Å². The molecule has 28 heavy (non-hydrogen) atoms. The van der Waals surface area contributed by atoms with E-state index in [9.17, 15) is 19.7 Å². The maximum absolute atomic E-state index is 11.9. The zero-order valence-corrected chi connectivity index (χ0v) is 16.7. The van der Waals surface area contributed by atoms with Gasteiger partial charge in [-0.2, -0.15) is 0 Å². The Morgan fingerprint density at radius 1 is 1.18 bits per heavy atom. The normalized spacial score (nSPS) is 10.1. The van der Waals surface area contributed by atoms with Crippen LogP contribution in [0.4, 0.5) is 0 Å². The molecule has 1 aromatic rings. The molecule has 8 heteroatoms. The van der Waals surface area contributed by atoms with Crippen molar-refractivity contribution in [3.63, 3.8) is 0 Å². The number of ether oxygens (including phenoxy) is 2. The van der Waals surface area contributed by atoms with Crippen molar-refractivity contribution >= 4 is 11.9 Å². The average molecular weight is 392 g/mol. The summed E-state index contributed by atoms with van der Waals surface area (Å²) >= 11 is 0. The number of hydrogen-bond acceptors (Lipinski definition) is 6. The van der Waals surface area contributed by atoms with Crippen molar-refractivity contribution < 1.29 is 24.0 Å². The van der Waals surface area contributed by atoms with Crippen molar-refractivity contribution in [3.05, 3.63) is 45.5 Å². The van der Waals surface area contributed by atoms with Gasteiger partial charge >= 0.3 is 5.97 Å². The summed E-state index contributed by atoms with van der Waals surface area (Å²) in [4.78, 5) is 32.9. The van der Waals surface area contributed by atoms with Crippen LogP contribution in [0, 0.1) is 10.1 Å². The third-order valence-corrected chi connectivity index (χ3v) is 3.86. The Morgan fingerprint density at radius 2 is 1.93 bits per heavy atom. The number of nitrogens with zero attached hydrogens (tertiary/aromatic N) is 1. The number of carbonyl (C=O) groups is 2. The largest absolute Gasteiger partial charge is 0.493 e. The van der Waals surface area contributed by atoms with Gasteiger partial charge in [-0.3, -0.25) is 14.9 Å². The van der Waals surface area contributed by atoms with Gasteiger partial charge in [-0.15, -0.1) is 0 Å². The van der Waals surface area contributed by atoms with E-state index in [4.69, 9.17) is 9.47 Å². The van der Waals surface area contributed by atoms with E-state index in [1.807, 2.05) is 0 Å². The third-order valence-electron chi connectivity index (χ3n) is 3.86. The van der Waals surface area contributed by atoms with Crippen LogP contribution in [0.15, 0.2) is 29.8 Å². The van der Waals surface area contributed by atoms with Gasteiger partial charge in [0.25, 0.3) is 6.54 Å². The first-order valence-corrected chi connectivity index (χ1v) is 9.21. The number of carbonyl (C=O) groups excluding carboxylic acids is 2. The molecule has 1 rings (SSSR count). The predicted molar refractivity (Wildman–Crippen MR) is 105 cm³/mol. The van der Waals surface area contributed by atoms with Gasteiger partial charge < -0.3 is 14.8 Å². The highest BCUT2D eigenvalue weighted by molar-refractivity contribution is 5.76. The van der Waals surface area contributed by atoms with E-state index in [0.717, 1.165) is 31.2 Å². The molecule has 0 radical (unpaired) electrons. The molecule has 0 aliphatic rings. The smallest absolute Gasteiger partial charge is 0.384 e. The van der Waals surface area contributed by atoms with E-state index < -0.39 is 17.4 Å². The predicted octanol–water partition coefficient (Wildman–Crippen LogP) is 3.41. The standard InChI is InChI=1S/C20H28N2O6/c1-15(2)8-6-4-5-7-9-19(23)21-13-16-10-11-17(18(12-16)27-3)28-20(24)14-22(25)26/h8,10-12H,4-7,9,13-14H2,1-3H3,(H,21,23). The van der Waals surface area contributed by atoms with Gasteiger partial charge in [-0.05, 0) is 50.8 Å². The SMILES string of the molecule is COc1cc(CNC(=O)CCCCCC=C(C)C)ccc1OC(=O)C[N+](=O)[O-]. The van der Waals surface area contributed by atoms with Crippen LogP contribution in [-0.2, 0) is 16.1 Å². The van der Waals surface area contributed by atoms with E-state index in [1.54, 1.807) is 12.1 Å². The van der Waals surface area contributed by atoms with Gasteiger partial charge in [0.2, 0.25) is 5.91 Å². The van der Waals surface area contributed by atoms with Crippen molar-refractivity contribution in [2.24, 2.45) is 0 Å². The van der Waals surface area contributed by atoms with E-state index in [1.165, 1.54) is 18.7 Å². The zero-order valence-electron chi connectivity index (χ0n) is 16.7. The lowest BCUT2D eigenvalue weighted by Crippen LogP contribution is -2.22. The van der Waals surface area contributed by atoms with Crippen molar-refractivity contribution in [3.8, 4) is 11.5 Å². The molecule has 1 amide bonds. The van der Waals surface area contributed by atoms with Crippen molar-refractivity contribution in [1.29, 1.82) is 0 Å². The molecule has 0 aliphatic carbocycles. The Bertz CT molecular complexity index is 711. The lowest BCUT2D eigenvalue weighted by atomic mass is 10.1. The number of benzene rings is 1. The van der Waals surface area contributed by atoms with Crippen LogP contribution in [-0.4, -0.2) is 30.5 Å². The Hall–Kier alpha value is -2.90. The number of unbranched alkanes of at least 4 members (excludes halogenated alkanes) is 3. The summed E-state index contributed by atoms with van der Waals surface area (Å²) in [6, 6.07) is 4.77. The van der Waals surface area contributed by atoms with Crippen LogP contribution < -0.4 is 14.8 Å². The van der Waals surface area contributed by atoms with Crippen LogP contribution in [0.1, 0.15) is 51.5 Å². The molecule has 0 aromatic heterocycles. The number of rotatable bonds is 12. The van der Waals surface area contributed by atoms with Crippen LogP contribution in [0.25, 0.3) is 0 Å². The average Bonchev–Trinajstić information content (AvgIpc) is 2.62. The highest BCUT2D eigenvalue weighted by atomic mass is 16.6. The number of nitrogens with one attached hydrogen (secondary N) is 1. The fraction of sp³-hybridized carbons (Fsp3) is 0.500. The van der Waals surface area contributed by atoms with Gasteiger partial charge in [-0.25, -0.2) is 4.79 Å². The van der Waals surface area contributed by atoms with Gasteiger partial charge in [0, 0.05) is 17.9 Å². The Labute approximate surface area is 165 Å². The number of methoxy groups -OCH3 is 1. The van der Waals surface area contributed by atoms with E-state index in [2.05, 4.69) is 25.2 Å². The second-order valence-corrected chi connectivity index (χ2v) is 6.61. The second-order valence-electron chi connectivity index (χ2n) is 6.61. The first-order chi connectivity index (χ1) is 13.3. The first-order valence-electron chi connectivity index (χ1n) is 9.21. The minimum Gasteiger partial charge on any atom is -0.493 e. The molecule has 0 saturated heterocycles. The van der Waals surface area contributed by atoms with Crippen LogP contribution in [0.3, 0.4) is 0 Å². The van der Waals surface area contributed by atoms with Gasteiger partial charge in [0.15, 0.2) is 11.5 Å². The number of hydrogen-bond donors (Lipinski definition) is 1.